The molecular weight excluding hydrogens is 382 g/mol. The number of alkyl halides is 1. The van der Waals surface area contributed by atoms with Crippen LogP contribution in [0.1, 0.15) is 5.56 Å². The molecule has 1 heterocycles. The summed E-state index contributed by atoms with van der Waals surface area (Å²) < 4.78 is 3.75. The van der Waals surface area contributed by atoms with E-state index in [-0.39, 0.29) is 0 Å². The van der Waals surface area contributed by atoms with Crippen molar-refractivity contribution < 1.29 is 0 Å². The molecule has 0 N–H and O–H groups in total. The normalized spacial score (nSPS) is 11.0. The molecule has 0 bridgehead atoms. The molecule has 0 unspecified atom stereocenters. The quantitative estimate of drug-likeness (QED) is 0.477. The summed E-state index contributed by atoms with van der Waals surface area (Å²) in [6, 6.07) is 6.39. The molecular formula is C9H5BrClIS. The highest BCUT2D eigenvalue weighted by Gasteiger charge is 2.06. The van der Waals surface area contributed by atoms with Crippen molar-refractivity contribution in [2.24, 2.45) is 0 Å². The van der Waals surface area contributed by atoms with Gasteiger partial charge < -0.3 is 0 Å². The summed E-state index contributed by atoms with van der Waals surface area (Å²) in [5, 5.41) is 1.27. The van der Waals surface area contributed by atoms with E-state index in [0.29, 0.717) is 5.88 Å². The van der Waals surface area contributed by atoms with E-state index in [1.165, 1.54) is 13.0 Å². The summed E-state index contributed by atoms with van der Waals surface area (Å²) in [6.45, 7) is 0. The fourth-order valence-electron chi connectivity index (χ4n) is 1.20. The lowest BCUT2D eigenvalue weighted by Crippen LogP contribution is -1.79. The van der Waals surface area contributed by atoms with Crippen LogP contribution < -0.4 is 0 Å². The summed E-state index contributed by atoms with van der Waals surface area (Å²) in [7, 11) is 0. The fraction of sp³-hybridized carbons (Fsp3) is 0.111. The van der Waals surface area contributed by atoms with E-state index >= 15 is 0 Å². The molecule has 2 aromatic rings. The van der Waals surface area contributed by atoms with Gasteiger partial charge in [-0.05, 0) is 56.2 Å². The van der Waals surface area contributed by atoms with Gasteiger partial charge in [0.25, 0.3) is 0 Å². The second kappa shape index (κ2) is 4.04. The van der Waals surface area contributed by atoms with Crippen LogP contribution in [0.4, 0.5) is 0 Å². The van der Waals surface area contributed by atoms with Crippen molar-refractivity contribution in [1.82, 2.24) is 0 Å². The molecule has 0 nitrogen and oxygen atoms in total. The molecule has 0 aliphatic heterocycles. The number of fused-ring (bicyclic) bond motifs is 1. The summed E-state index contributed by atoms with van der Waals surface area (Å²) in [5.41, 5.74) is 1.16. The van der Waals surface area contributed by atoms with Gasteiger partial charge in [0.15, 0.2) is 0 Å². The van der Waals surface area contributed by atoms with E-state index in [1.807, 2.05) is 0 Å². The Morgan fingerprint density at radius 1 is 1.46 bits per heavy atom. The van der Waals surface area contributed by atoms with Crippen molar-refractivity contribution in [3.63, 3.8) is 0 Å². The fourth-order valence-corrected chi connectivity index (χ4v) is 4.13. The molecule has 0 amide bonds. The van der Waals surface area contributed by atoms with Crippen molar-refractivity contribution in [2.45, 2.75) is 5.88 Å². The van der Waals surface area contributed by atoms with Gasteiger partial charge in [-0.2, -0.15) is 0 Å². The number of benzene rings is 1. The molecule has 0 aliphatic rings. The highest BCUT2D eigenvalue weighted by Crippen LogP contribution is 2.34. The van der Waals surface area contributed by atoms with E-state index in [1.54, 1.807) is 11.3 Å². The van der Waals surface area contributed by atoms with E-state index < -0.39 is 0 Å². The van der Waals surface area contributed by atoms with Crippen LogP contribution in [-0.2, 0) is 5.88 Å². The molecule has 0 spiro atoms. The molecule has 0 aliphatic carbocycles. The summed E-state index contributed by atoms with van der Waals surface area (Å²) in [4.78, 5) is 0. The number of hydrogen-bond donors (Lipinski definition) is 0. The topological polar surface area (TPSA) is 0 Å². The number of thiophene rings is 1. The summed E-state index contributed by atoms with van der Waals surface area (Å²) in [6.07, 6.45) is 0. The predicted octanol–water partition coefficient (Wildman–Crippen LogP) is 5.01. The van der Waals surface area contributed by atoms with Gasteiger partial charge in [-0.3, -0.25) is 0 Å². The average Bonchev–Trinajstić information content (AvgIpc) is 2.47. The maximum Gasteiger partial charge on any atom is 0.0666 e. The van der Waals surface area contributed by atoms with Crippen LogP contribution in [0.2, 0.25) is 0 Å². The predicted molar refractivity (Wildman–Crippen MR) is 71.8 cm³/mol. The Hall–Kier alpha value is 0.680. The van der Waals surface area contributed by atoms with Crippen molar-refractivity contribution >= 4 is 71.5 Å². The lowest BCUT2D eigenvalue weighted by Gasteiger charge is -2.00. The summed E-state index contributed by atoms with van der Waals surface area (Å²) >= 11 is 13.5. The largest absolute Gasteiger partial charge is 0.129 e. The molecule has 0 radical (unpaired) electrons. The van der Waals surface area contributed by atoms with Gasteiger partial charge in [-0.15, -0.1) is 22.9 Å². The van der Waals surface area contributed by atoms with Crippen LogP contribution in [0, 0.1) is 2.88 Å². The molecule has 4 heteroatoms. The zero-order valence-electron chi connectivity index (χ0n) is 6.48. The molecule has 1 aromatic heterocycles. The first kappa shape index (κ1) is 10.2. The first-order chi connectivity index (χ1) is 6.22. The minimum absolute atomic E-state index is 0.558. The van der Waals surface area contributed by atoms with Gasteiger partial charge in [0.2, 0.25) is 0 Å². The average molecular weight is 387 g/mol. The van der Waals surface area contributed by atoms with Gasteiger partial charge in [0.1, 0.15) is 0 Å². The molecule has 0 saturated carbocycles. The van der Waals surface area contributed by atoms with Crippen LogP contribution in [0.5, 0.6) is 0 Å². The van der Waals surface area contributed by atoms with E-state index in [4.69, 9.17) is 11.6 Å². The standard InChI is InChI=1S/C9H5BrClIS/c10-9-5(4-11)1-2-7-6(9)3-8(12)13-7/h1-3H,4H2. The van der Waals surface area contributed by atoms with Crippen LogP contribution in [0.15, 0.2) is 22.7 Å². The summed E-state index contributed by atoms with van der Waals surface area (Å²) in [5.74, 6) is 0.558. The third-order valence-electron chi connectivity index (χ3n) is 1.83. The SMILES string of the molecule is ClCc1ccc2sc(I)cc2c1Br. The zero-order chi connectivity index (χ0) is 9.42. The van der Waals surface area contributed by atoms with Crippen LogP contribution in [0.25, 0.3) is 10.1 Å². The van der Waals surface area contributed by atoms with Gasteiger partial charge in [-0.25, -0.2) is 0 Å². The molecule has 0 fully saturated rings. The molecule has 0 atom stereocenters. The Balaban J connectivity index is 2.78. The Morgan fingerprint density at radius 2 is 2.23 bits per heavy atom. The van der Waals surface area contributed by atoms with Crippen LogP contribution in [-0.4, -0.2) is 0 Å². The molecule has 0 saturated heterocycles. The minimum atomic E-state index is 0.558. The maximum absolute atomic E-state index is 5.81. The number of hydrogen-bond acceptors (Lipinski definition) is 1. The van der Waals surface area contributed by atoms with Crippen molar-refractivity contribution in [1.29, 1.82) is 0 Å². The monoisotopic (exact) mass is 386 g/mol. The highest BCUT2D eigenvalue weighted by atomic mass is 127. The smallest absolute Gasteiger partial charge is 0.0666 e. The van der Waals surface area contributed by atoms with Crippen molar-refractivity contribution in [2.75, 3.05) is 0 Å². The Bertz CT molecular complexity index is 452. The molecule has 1 aromatic carbocycles. The lowest BCUT2D eigenvalue weighted by molar-refractivity contribution is 1.40. The number of rotatable bonds is 1. The molecule has 2 rings (SSSR count). The lowest BCUT2D eigenvalue weighted by atomic mass is 10.2. The van der Waals surface area contributed by atoms with Crippen LogP contribution in [0.3, 0.4) is 0 Å². The van der Waals surface area contributed by atoms with Crippen LogP contribution >= 0.6 is 61.5 Å². The Kier molecular flexibility index (Phi) is 3.18. The van der Waals surface area contributed by atoms with Gasteiger partial charge in [0.05, 0.1) is 2.88 Å². The molecule has 68 valence electrons. The Labute approximate surface area is 108 Å². The van der Waals surface area contributed by atoms with Gasteiger partial charge in [-0.1, -0.05) is 6.07 Å². The first-order valence-corrected chi connectivity index (χ1v) is 6.87. The van der Waals surface area contributed by atoms with E-state index in [2.05, 4.69) is 56.7 Å². The Morgan fingerprint density at radius 3 is 2.92 bits per heavy atom. The third kappa shape index (κ3) is 1.89. The zero-order valence-corrected chi connectivity index (χ0v) is 11.8. The van der Waals surface area contributed by atoms with Gasteiger partial charge in [0, 0.05) is 20.4 Å². The number of halogens is 3. The third-order valence-corrected chi connectivity index (χ3v) is 4.91. The van der Waals surface area contributed by atoms with Crippen molar-refractivity contribution in [3.8, 4) is 0 Å². The minimum Gasteiger partial charge on any atom is -0.129 e. The van der Waals surface area contributed by atoms with E-state index in [9.17, 15) is 0 Å². The van der Waals surface area contributed by atoms with E-state index in [0.717, 1.165) is 10.0 Å². The van der Waals surface area contributed by atoms with Gasteiger partial charge >= 0.3 is 0 Å². The van der Waals surface area contributed by atoms with Crippen molar-refractivity contribution in [3.05, 3.63) is 31.1 Å². The first-order valence-electron chi connectivity index (χ1n) is 3.65. The second-order valence-corrected chi connectivity index (χ2v) is 6.67. The highest BCUT2D eigenvalue weighted by molar-refractivity contribution is 14.1. The second-order valence-electron chi connectivity index (χ2n) is 2.63. The maximum atomic E-state index is 5.81. The molecule has 13 heavy (non-hydrogen) atoms.